The third-order valence-electron chi connectivity index (χ3n) is 3.25. The Balaban J connectivity index is 2.15. The van der Waals surface area contributed by atoms with E-state index in [0.29, 0.717) is 18.1 Å². The quantitative estimate of drug-likeness (QED) is 0.822. The molecule has 0 aliphatic heterocycles. The van der Waals surface area contributed by atoms with E-state index in [0.717, 1.165) is 11.3 Å². The van der Waals surface area contributed by atoms with Crippen LogP contribution in [-0.4, -0.2) is 27.1 Å². The molecule has 0 saturated heterocycles. The molecule has 1 N–H and O–H groups in total. The number of thioether (sulfide) groups is 1. The SMILES string of the molecule is CCSc1ccc(-c2noc(C(C)C(O)CC)n2)cc1. The molecule has 1 heterocycles. The van der Waals surface area contributed by atoms with Gasteiger partial charge in [0.25, 0.3) is 0 Å². The molecule has 1 aromatic carbocycles. The van der Waals surface area contributed by atoms with Gasteiger partial charge in [0.1, 0.15) is 0 Å². The summed E-state index contributed by atoms with van der Waals surface area (Å²) in [5.41, 5.74) is 0.929. The smallest absolute Gasteiger partial charge is 0.232 e. The number of nitrogens with zero attached hydrogens (tertiary/aromatic N) is 2. The Labute approximate surface area is 123 Å². The average molecular weight is 292 g/mol. The van der Waals surface area contributed by atoms with E-state index in [2.05, 4.69) is 29.2 Å². The van der Waals surface area contributed by atoms with Crippen molar-refractivity contribution in [3.8, 4) is 11.4 Å². The van der Waals surface area contributed by atoms with Crippen LogP contribution in [-0.2, 0) is 0 Å². The molecule has 0 fully saturated rings. The highest BCUT2D eigenvalue weighted by Crippen LogP contribution is 2.25. The molecule has 1 aromatic heterocycles. The lowest BCUT2D eigenvalue weighted by atomic mass is 10.0. The van der Waals surface area contributed by atoms with Gasteiger partial charge in [-0.2, -0.15) is 4.98 Å². The molecule has 2 atom stereocenters. The van der Waals surface area contributed by atoms with Gasteiger partial charge in [0.2, 0.25) is 11.7 Å². The van der Waals surface area contributed by atoms with Crippen LogP contribution in [0.25, 0.3) is 11.4 Å². The van der Waals surface area contributed by atoms with Crippen LogP contribution < -0.4 is 0 Å². The second kappa shape index (κ2) is 6.90. The molecule has 0 radical (unpaired) electrons. The minimum atomic E-state index is -0.452. The zero-order valence-electron chi connectivity index (χ0n) is 12.0. The Bertz CT molecular complexity index is 539. The van der Waals surface area contributed by atoms with Crippen LogP contribution in [0.5, 0.6) is 0 Å². The highest BCUT2D eigenvalue weighted by atomic mass is 32.2. The maximum Gasteiger partial charge on any atom is 0.232 e. The van der Waals surface area contributed by atoms with Crippen molar-refractivity contribution in [2.75, 3.05) is 5.75 Å². The van der Waals surface area contributed by atoms with Crippen molar-refractivity contribution in [1.82, 2.24) is 10.1 Å². The third kappa shape index (κ3) is 3.41. The molecule has 0 amide bonds. The monoisotopic (exact) mass is 292 g/mol. The summed E-state index contributed by atoms with van der Waals surface area (Å²) in [5.74, 6) is 1.97. The number of rotatable bonds is 6. The topological polar surface area (TPSA) is 59.2 Å². The van der Waals surface area contributed by atoms with Crippen molar-refractivity contribution >= 4 is 11.8 Å². The van der Waals surface area contributed by atoms with E-state index in [1.165, 1.54) is 4.90 Å². The minimum Gasteiger partial charge on any atom is -0.392 e. The van der Waals surface area contributed by atoms with Crippen molar-refractivity contribution < 1.29 is 9.63 Å². The fourth-order valence-corrected chi connectivity index (χ4v) is 2.58. The maximum atomic E-state index is 9.82. The summed E-state index contributed by atoms with van der Waals surface area (Å²) in [7, 11) is 0. The van der Waals surface area contributed by atoms with Gasteiger partial charge in [0.15, 0.2) is 0 Å². The van der Waals surface area contributed by atoms with Crippen LogP contribution in [0.15, 0.2) is 33.7 Å². The number of aliphatic hydroxyl groups excluding tert-OH is 1. The molecule has 0 bridgehead atoms. The van der Waals surface area contributed by atoms with Crippen molar-refractivity contribution in [2.24, 2.45) is 0 Å². The lowest BCUT2D eigenvalue weighted by molar-refractivity contribution is 0.129. The van der Waals surface area contributed by atoms with E-state index in [1.54, 1.807) is 11.8 Å². The molecule has 0 aliphatic rings. The predicted octanol–water partition coefficient (Wildman–Crippen LogP) is 3.72. The van der Waals surface area contributed by atoms with Gasteiger partial charge in [0, 0.05) is 10.5 Å². The second-order valence-electron chi connectivity index (χ2n) is 4.68. The Kier molecular flexibility index (Phi) is 5.20. The Morgan fingerprint density at radius 2 is 1.95 bits per heavy atom. The van der Waals surface area contributed by atoms with Gasteiger partial charge in [-0.3, -0.25) is 0 Å². The van der Waals surface area contributed by atoms with Crippen LogP contribution in [0.2, 0.25) is 0 Å². The molecule has 0 aliphatic carbocycles. The van der Waals surface area contributed by atoms with E-state index < -0.39 is 6.10 Å². The molecule has 0 spiro atoms. The van der Waals surface area contributed by atoms with E-state index in [-0.39, 0.29) is 5.92 Å². The zero-order chi connectivity index (χ0) is 14.5. The summed E-state index contributed by atoms with van der Waals surface area (Å²) in [4.78, 5) is 5.61. The molecule has 4 nitrogen and oxygen atoms in total. The molecule has 2 unspecified atom stereocenters. The number of hydrogen-bond donors (Lipinski definition) is 1. The summed E-state index contributed by atoms with van der Waals surface area (Å²) in [6.45, 7) is 5.96. The first-order valence-electron chi connectivity index (χ1n) is 6.90. The lowest BCUT2D eigenvalue weighted by Crippen LogP contribution is -2.14. The Hall–Kier alpha value is -1.33. The number of aromatic nitrogens is 2. The van der Waals surface area contributed by atoms with Crippen LogP contribution in [0.4, 0.5) is 0 Å². The second-order valence-corrected chi connectivity index (χ2v) is 6.02. The fourth-order valence-electron chi connectivity index (χ4n) is 1.92. The summed E-state index contributed by atoms with van der Waals surface area (Å²) >= 11 is 1.80. The van der Waals surface area contributed by atoms with E-state index in [4.69, 9.17) is 4.52 Å². The molecule has 2 rings (SSSR count). The Morgan fingerprint density at radius 3 is 2.55 bits per heavy atom. The number of hydrogen-bond acceptors (Lipinski definition) is 5. The van der Waals surface area contributed by atoms with Gasteiger partial charge in [-0.1, -0.05) is 25.9 Å². The Morgan fingerprint density at radius 1 is 1.25 bits per heavy atom. The fraction of sp³-hybridized carbons (Fsp3) is 0.467. The van der Waals surface area contributed by atoms with E-state index >= 15 is 0 Å². The molecular formula is C15H20N2O2S. The lowest BCUT2D eigenvalue weighted by Gasteiger charge is -2.11. The molecule has 0 saturated carbocycles. The van der Waals surface area contributed by atoms with Crippen LogP contribution in [0.1, 0.15) is 39.0 Å². The van der Waals surface area contributed by atoms with Gasteiger partial charge < -0.3 is 9.63 Å². The first-order valence-corrected chi connectivity index (χ1v) is 7.89. The molecular weight excluding hydrogens is 272 g/mol. The van der Waals surface area contributed by atoms with Crippen LogP contribution >= 0.6 is 11.8 Å². The minimum absolute atomic E-state index is 0.142. The van der Waals surface area contributed by atoms with Gasteiger partial charge in [-0.25, -0.2) is 0 Å². The maximum absolute atomic E-state index is 9.82. The van der Waals surface area contributed by atoms with Gasteiger partial charge in [-0.15, -0.1) is 11.8 Å². The highest BCUT2D eigenvalue weighted by Gasteiger charge is 2.21. The molecule has 20 heavy (non-hydrogen) atoms. The van der Waals surface area contributed by atoms with Crippen LogP contribution in [0, 0.1) is 0 Å². The molecule has 2 aromatic rings. The predicted molar refractivity (Wildman–Crippen MR) is 80.8 cm³/mol. The van der Waals surface area contributed by atoms with Crippen LogP contribution in [0.3, 0.4) is 0 Å². The van der Waals surface area contributed by atoms with Gasteiger partial charge >= 0.3 is 0 Å². The highest BCUT2D eigenvalue weighted by molar-refractivity contribution is 7.99. The molecule has 108 valence electrons. The van der Waals surface area contributed by atoms with Crippen molar-refractivity contribution in [2.45, 2.75) is 44.1 Å². The normalized spacial score (nSPS) is 14.2. The van der Waals surface area contributed by atoms with Crippen molar-refractivity contribution in [3.63, 3.8) is 0 Å². The first kappa shape index (κ1) is 15.1. The number of benzene rings is 1. The van der Waals surface area contributed by atoms with E-state index in [9.17, 15) is 5.11 Å². The summed E-state index contributed by atoms with van der Waals surface area (Å²) in [5, 5.41) is 13.8. The van der Waals surface area contributed by atoms with Gasteiger partial charge in [0.05, 0.1) is 12.0 Å². The summed E-state index contributed by atoms with van der Waals surface area (Å²) < 4.78 is 5.26. The van der Waals surface area contributed by atoms with E-state index in [1.807, 2.05) is 26.0 Å². The van der Waals surface area contributed by atoms with Crippen molar-refractivity contribution in [3.05, 3.63) is 30.2 Å². The standard InChI is InChI=1S/C15H20N2O2S/c1-4-13(18)10(3)15-16-14(17-19-15)11-6-8-12(9-7-11)20-5-2/h6-10,13,18H,4-5H2,1-3H3. The average Bonchev–Trinajstić information content (AvgIpc) is 2.96. The summed E-state index contributed by atoms with van der Waals surface area (Å²) in [6.07, 6.45) is 0.216. The largest absolute Gasteiger partial charge is 0.392 e. The first-order chi connectivity index (χ1) is 9.65. The number of aliphatic hydroxyl groups is 1. The zero-order valence-corrected chi connectivity index (χ0v) is 12.9. The third-order valence-corrected chi connectivity index (χ3v) is 4.14. The van der Waals surface area contributed by atoms with Gasteiger partial charge in [-0.05, 0) is 36.4 Å². The molecule has 5 heteroatoms. The van der Waals surface area contributed by atoms with Crippen molar-refractivity contribution in [1.29, 1.82) is 0 Å². The summed E-state index contributed by atoms with van der Waals surface area (Å²) in [6, 6.07) is 8.11.